The lowest BCUT2D eigenvalue weighted by molar-refractivity contribution is -0.0512. The van der Waals surface area contributed by atoms with Crippen LogP contribution in [-0.4, -0.2) is 26.2 Å². The van der Waals surface area contributed by atoms with Crippen LogP contribution in [-0.2, 0) is 6.42 Å². The van der Waals surface area contributed by atoms with Crippen molar-refractivity contribution in [2.75, 3.05) is 13.7 Å². The SMILES string of the molecule is COc1cc(CCNC(=O)c2ccccc2Br)ccc1OC(F)F. The van der Waals surface area contributed by atoms with Crippen LogP contribution < -0.4 is 14.8 Å². The summed E-state index contributed by atoms with van der Waals surface area (Å²) in [4.78, 5) is 12.1. The van der Waals surface area contributed by atoms with E-state index in [0.717, 1.165) is 10.0 Å². The van der Waals surface area contributed by atoms with Crippen molar-refractivity contribution in [3.8, 4) is 11.5 Å². The topological polar surface area (TPSA) is 47.6 Å². The fraction of sp³-hybridized carbons (Fsp3) is 0.235. The molecule has 0 radical (unpaired) electrons. The number of alkyl halides is 2. The molecule has 0 atom stereocenters. The molecule has 1 N–H and O–H groups in total. The standard InChI is InChI=1S/C17H16BrF2NO3/c1-23-15-10-11(6-7-14(15)24-17(19)20)8-9-21-16(22)12-4-2-3-5-13(12)18/h2-7,10,17H,8-9H2,1H3,(H,21,22). The zero-order valence-corrected chi connectivity index (χ0v) is 14.5. The molecule has 1 amide bonds. The van der Waals surface area contributed by atoms with E-state index in [4.69, 9.17) is 4.74 Å². The molecule has 0 fully saturated rings. The molecule has 24 heavy (non-hydrogen) atoms. The summed E-state index contributed by atoms with van der Waals surface area (Å²) >= 11 is 3.33. The van der Waals surface area contributed by atoms with Crippen LogP contribution in [0.2, 0.25) is 0 Å². The van der Waals surface area contributed by atoms with Crippen LogP contribution in [0.1, 0.15) is 15.9 Å². The summed E-state index contributed by atoms with van der Waals surface area (Å²) in [6, 6.07) is 11.8. The van der Waals surface area contributed by atoms with E-state index < -0.39 is 6.61 Å². The first kappa shape index (κ1) is 18.2. The lowest BCUT2D eigenvalue weighted by Gasteiger charge is -2.12. The van der Waals surface area contributed by atoms with E-state index in [1.54, 1.807) is 30.3 Å². The number of methoxy groups -OCH3 is 1. The third-order valence-electron chi connectivity index (χ3n) is 3.26. The average Bonchev–Trinajstić information content (AvgIpc) is 2.56. The zero-order chi connectivity index (χ0) is 17.5. The molecule has 0 unspecified atom stereocenters. The van der Waals surface area contributed by atoms with Crippen LogP contribution in [0, 0.1) is 0 Å². The Kier molecular flexibility index (Phi) is 6.54. The molecule has 0 aromatic heterocycles. The maximum absolute atomic E-state index is 12.3. The quantitative estimate of drug-likeness (QED) is 0.764. The fourth-order valence-electron chi connectivity index (χ4n) is 2.12. The Bertz CT molecular complexity index is 710. The first-order chi connectivity index (χ1) is 11.5. The van der Waals surface area contributed by atoms with Gasteiger partial charge in [-0.3, -0.25) is 4.79 Å². The van der Waals surface area contributed by atoms with E-state index in [9.17, 15) is 13.6 Å². The summed E-state index contributed by atoms with van der Waals surface area (Å²) in [6.07, 6.45) is 0.529. The van der Waals surface area contributed by atoms with Gasteiger partial charge in [-0.05, 0) is 52.2 Å². The average molecular weight is 400 g/mol. The third-order valence-corrected chi connectivity index (χ3v) is 3.95. The largest absolute Gasteiger partial charge is 0.493 e. The Morgan fingerprint density at radius 2 is 1.96 bits per heavy atom. The van der Waals surface area contributed by atoms with E-state index >= 15 is 0 Å². The summed E-state index contributed by atoms with van der Waals surface area (Å²) in [7, 11) is 1.38. The van der Waals surface area contributed by atoms with Crippen molar-refractivity contribution < 1.29 is 23.0 Å². The molecule has 4 nitrogen and oxygen atoms in total. The molecule has 0 aliphatic rings. The Morgan fingerprint density at radius 3 is 2.62 bits per heavy atom. The minimum absolute atomic E-state index is 0.0199. The highest BCUT2D eigenvalue weighted by molar-refractivity contribution is 9.10. The molecule has 2 aromatic rings. The molecule has 2 rings (SSSR count). The maximum atomic E-state index is 12.3. The van der Waals surface area contributed by atoms with Gasteiger partial charge in [0.05, 0.1) is 12.7 Å². The highest BCUT2D eigenvalue weighted by Crippen LogP contribution is 2.29. The van der Waals surface area contributed by atoms with Gasteiger partial charge in [-0.25, -0.2) is 0 Å². The lowest BCUT2D eigenvalue weighted by atomic mass is 10.1. The van der Waals surface area contributed by atoms with Gasteiger partial charge in [0, 0.05) is 11.0 Å². The number of carbonyl (C=O) groups is 1. The second-order valence-electron chi connectivity index (χ2n) is 4.85. The number of rotatable bonds is 7. The number of hydrogen-bond donors (Lipinski definition) is 1. The monoisotopic (exact) mass is 399 g/mol. The summed E-state index contributed by atoms with van der Waals surface area (Å²) in [5.74, 6) is 0.0190. The second-order valence-corrected chi connectivity index (χ2v) is 5.70. The van der Waals surface area contributed by atoms with Crippen LogP contribution in [0.3, 0.4) is 0 Å². The van der Waals surface area contributed by atoms with Crippen molar-refractivity contribution >= 4 is 21.8 Å². The second kappa shape index (κ2) is 8.63. The molecule has 0 saturated carbocycles. The number of amides is 1. The van der Waals surface area contributed by atoms with Crippen molar-refractivity contribution in [3.63, 3.8) is 0 Å². The lowest BCUT2D eigenvalue weighted by Crippen LogP contribution is -2.26. The van der Waals surface area contributed by atoms with Crippen LogP contribution >= 0.6 is 15.9 Å². The molecule has 0 bridgehead atoms. The highest BCUT2D eigenvalue weighted by Gasteiger charge is 2.12. The Balaban J connectivity index is 1.95. The fourth-order valence-corrected chi connectivity index (χ4v) is 2.59. The summed E-state index contributed by atoms with van der Waals surface area (Å²) < 4.78 is 34.7. The van der Waals surface area contributed by atoms with E-state index in [1.807, 2.05) is 6.07 Å². The van der Waals surface area contributed by atoms with Gasteiger partial charge in [0.1, 0.15) is 0 Å². The third kappa shape index (κ3) is 4.92. The highest BCUT2D eigenvalue weighted by atomic mass is 79.9. The van der Waals surface area contributed by atoms with E-state index in [2.05, 4.69) is 26.0 Å². The summed E-state index contributed by atoms with van der Waals surface area (Å²) in [6.45, 7) is -2.51. The number of ether oxygens (including phenoxy) is 2. The Hall–Kier alpha value is -2.15. The molecule has 0 heterocycles. The predicted molar refractivity (Wildman–Crippen MR) is 89.8 cm³/mol. The minimum atomic E-state index is -2.91. The predicted octanol–water partition coefficient (Wildman–Crippen LogP) is 4.03. The van der Waals surface area contributed by atoms with Crippen LogP contribution in [0.15, 0.2) is 46.9 Å². The maximum Gasteiger partial charge on any atom is 0.387 e. The molecule has 0 saturated heterocycles. The molecule has 0 aliphatic carbocycles. The van der Waals surface area contributed by atoms with Gasteiger partial charge in [-0.2, -0.15) is 8.78 Å². The molecular formula is C17H16BrF2NO3. The molecule has 2 aromatic carbocycles. The van der Waals surface area contributed by atoms with E-state index in [0.29, 0.717) is 18.5 Å². The van der Waals surface area contributed by atoms with Gasteiger partial charge in [0.2, 0.25) is 0 Å². The van der Waals surface area contributed by atoms with Crippen LogP contribution in [0.4, 0.5) is 8.78 Å². The molecule has 0 spiro atoms. The van der Waals surface area contributed by atoms with Crippen molar-refractivity contribution in [2.45, 2.75) is 13.0 Å². The van der Waals surface area contributed by atoms with E-state index in [-0.39, 0.29) is 17.4 Å². The summed E-state index contributed by atoms with van der Waals surface area (Å²) in [5, 5.41) is 2.81. The molecule has 128 valence electrons. The number of benzene rings is 2. The van der Waals surface area contributed by atoms with Crippen molar-refractivity contribution in [3.05, 3.63) is 58.1 Å². The van der Waals surface area contributed by atoms with Crippen LogP contribution in [0.5, 0.6) is 11.5 Å². The van der Waals surface area contributed by atoms with Gasteiger partial charge in [0.25, 0.3) is 5.91 Å². The number of halogens is 3. The smallest absolute Gasteiger partial charge is 0.387 e. The van der Waals surface area contributed by atoms with Crippen molar-refractivity contribution in [2.24, 2.45) is 0 Å². The van der Waals surface area contributed by atoms with Gasteiger partial charge in [-0.15, -0.1) is 0 Å². The van der Waals surface area contributed by atoms with Crippen molar-refractivity contribution in [1.82, 2.24) is 5.32 Å². The van der Waals surface area contributed by atoms with Gasteiger partial charge in [-0.1, -0.05) is 18.2 Å². The molecular weight excluding hydrogens is 384 g/mol. The van der Waals surface area contributed by atoms with Crippen LogP contribution in [0.25, 0.3) is 0 Å². The minimum Gasteiger partial charge on any atom is -0.493 e. The number of carbonyl (C=O) groups excluding carboxylic acids is 1. The number of nitrogens with one attached hydrogen (secondary N) is 1. The van der Waals surface area contributed by atoms with E-state index in [1.165, 1.54) is 13.2 Å². The Morgan fingerprint density at radius 1 is 1.21 bits per heavy atom. The number of hydrogen-bond acceptors (Lipinski definition) is 3. The summed E-state index contributed by atoms with van der Waals surface area (Å²) in [5.41, 5.74) is 1.39. The first-order valence-corrected chi connectivity index (χ1v) is 7.95. The van der Waals surface area contributed by atoms with Gasteiger partial charge in [0.15, 0.2) is 11.5 Å². The normalized spacial score (nSPS) is 10.5. The van der Waals surface area contributed by atoms with Crippen molar-refractivity contribution in [1.29, 1.82) is 0 Å². The van der Waals surface area contributed by atoms with Gasteiger partial charge >= 0.3 is 6.61 Å². The van der Waals surface area contributed by atoms with Gasteiger partial charge < -0.3 is 14.8 Å². The zero-order valence-electron chi connectivity index (χ0n) is 12.9. The first-order valence-electron chi connectivity index (χ1n) is 7.15. The molecule has 7 heteroatoms. The molecule has 0 aliphatic heterocycles. The Labute approximate surface area is 146 Å².